The van der Waals surface area contributed by atoms with Gasteiger partial charge in [-0.15, -0.1) is 0 Å². The molecule has 2 amide bonds. The van der Waals surface area contributed by atoms with Crippen LogP contribution in [0, 0.1) is 26.7 Å². The minimum absolute atomic E-state index is 0.0371. The van der Waals surface area contributed by atoms with Crippen LogP contribution in [0.4, 0.5) is 0 Å². The lowest BCUT2D eigenvalue weighted by atomic mass is 10.0. The Bertz CT molecular complexity index is 1300. The Balaban J connectivity index is 1.69. The molecule has 0 saturated carbocycles. The molecule has 2 N–H and O–H groups in total. The summed E-state index contributed by atoms with van der Waals surface area (Å²) in [5.41, 5.74) is 2.64. The third kappa shape index (κ3) is 5.08. The maximum absolute atomic E-state index is 12.5. The number of carboxylic acids is 1. The van der Waals surface area contributed by atoms with E-state index < -0.39 is 29.5 Å². The summed E-state index contributed by atoms with van der Waals surface area (Å²) in [7, 11) is 0. The Labute approximate surface area is 190 Å². The molecule has 0 radical (unpaired) electrons. The van der Waals surface area contributed by atoms with Gasteiger partial charge in [-0.1, -0.05) is 13.8 Å². The van der Waals surface area contributed by atoms with Crippen molar-refractivity contribution in [3.05, 3.63) is 45.0 Å². The van der Waals surface area contributed by atoms with Gasteiger partial charge in [0.05, 0.1) is 18.6 Å². The van der Waals surface area contributed by atoms with Gasteiger partial charge in [0.25, 0.3) is 0 Å². The van der Waals surface area contributed by atoms with Crippen LogP contribution in [0.15, 0.2) is 25.8 Å². The molecule has 0 spiro atoms. The molecular formula is C24H27N2O7-. The standard InChI is InChI=1S/C24H28N2O7/c1-11(2)22(23(29)30)26-21(28)10-25-20(27)7-6-15-13(4)17-8-16-12(3)14(5)32-18(16)9-19(17)33-24(15)31/h8-9,11,22H,6-7,10H2,1-5H3,(H,25,27)(H,26,28)(H,29,30)/p-1/t22-/m0/s1. The number of benzene rings is 1. The van der Waals surface area contributed by atoms with Crippen molar-refractivity contribution in [1.29, 1.82) is 0 Å². The normalized spacial score (nSPS) is 12.3. The van der Waals surface area contributed by atoms with E-state index >= 15 is 0 Å². The number of amides is 2. The smallest absolute Gasteiger partial charge is 0.339 e. The lowest BCUT2D eigenvalue weighted by molar-refractivity contribution is -0.309. The second-order valence-corrected chi connectivity index (χ2v) is 8.51. The first-order valence-corrected chi connectivity index (χ1v) is 10.7. The van der Waals surface area contributed by atoms with E-state index in [9.17, 15) is 24.3 Å². The van der Waals surface area contributed by atoms with Crippen LogP contribution in [0.1, 0.15) is 42.7 Å². The minimum atomic E-state index is -1.39. The number of carbonyl (C=O) groups excluding carboxylic acids is 3. The average Bonchev–Trinajstić information content (AvgIpc) is 3.01. The molecule has 1 atom stereocenters. The summed E-state index contributed by atoms with van der Waals surface area (Å²) in [4.78, 5) is 47.8. The van der Waals surface area contributed by atoms with Crippen LogP contribution in [-0.4, -0.2) is 30.4 Å². The van der Waals surface area contributed by atoms with Crippen LogP contribution in [0.25, 0.3) is 21.9 Å². The first kappa shape index (κ1) is 24.0. The predicted octanol–water partition coefficient (Wildman–Crippen LogP) is 1.40. The lowest BCUT2D eigenvalue weighted by Crippen LogP contribution is -2.52. The fraction of sp³-hybridized carbons (Fsp3) is 0.417. The van der Waals surface area contributed by atoms with Crippen molar-refractivity contribution in [2.45, 2.75) is 53.5 Å². The van der Waals surface area contributed by atoms with Crippen molar-refractivity contribution in [2.24, 2.45) is 5.92 Å². The molecule has 0 fully saturated rings. The molecule has 0 unspecified atom stereocenters. The van der Waals surface area contributed by atoms with Gasteiger partial charge in [0, 0.05) is 28.8 Å². The maximum atomic E-state index is 12.5. The second kappa shape index (κ2) is 9.48. The van der Waals surface area contributed by atoms with Crippen LogP contribution in [-0.2, 0) is 20.8 Å². The molecule has 0 aliphatic carbocycles. The number of carboxylic acid groups (broad SMARTS) is 1. The summed E-state index contributed by atoms with van der Waals surface area (Å²) in [6.07, 6.45) is 0.0945. The molecule has 1 aromatic carbocycles. The predicted molar refractivity (Wildman–Crippen MR) is 120 cm³/mol. The SMILES string of the molecule is Cc1oc2cc3oc(=O)c(CCC(=O)NCC(=O)N[C@H](C(=O)[O-])C(C)C)c(C)c3cc2c1C. The lowest BCUT2D eigenvalue weighted by Gasteiger charge is -2.23. The summed E-state index contributed by atoms with van der Waals surface area (Å²) < 4.78 is 11.2. The van der Waals surface area contributed by atoms with Gasteiger partial charge in [-0.05, 0) is 50.3 Å². The fourth-order valence-electron chi connectivity index (χ4n) is 3.74. The zero-order chi connectivity index (χ0) is 24.4. The van der Waals surface area contributed by atoms with Gasteiger partial charge in [0.2, 0.25) is 11.8 Å². The van der Waals surface area contributed by atoms with Crippen LogP contribution in [0.5, 0.6) is 0 Å². The van der Waals surface area contributed by atoms with E-state index in [1.165, 1.54) is 0 Å². The van der Waals surface area contributed by atoms with Gasteiger partial charge < -0.3 is 29.4 Å². The largest absolute Gasteiger partial charge is 0.548 e. The highest BCUT2D eigenvalue weighted by molar-refractivity contribution is 5.96. The van der Waals surface area contributed by atoms with Crippen LogP contribution in [0.3, 0.4) is 0 Å². The third-order valence-electron chi connectivity index (χ3n) is 5.87. The van der Waals surface area contributed by atoms with Crippen LogP contribution >= 0.6 is 0 Å². The zero-order valence-electron chi connectivity index (χ0n) is 19.3. The van der Waals surface area contributed by atoms with E-state index in [1.807, 2.05) is 19.9 Å². The number of furan rings is 1. The van der Waals surface area contributed by atoms with Crippen molar-refractivity contribution in [1.82, 2.24) is 10.6 Å². The number of hydrogen-bond acceptors (Lipinski definition) is 7. The zero-order valence-corrected chi connectivity index (χ0v) is 19.3. The van der Waals surface area contributed by atoms with E-state index in [-0.39, 0.29) is 25.3 Å². The van der Waals surface area contributed by atoms with Gasteiger partial charge in [0.1, 0.15) is 16.9 Å². The molecule has 0 saturated heterocycles. The van der Waals surface area contributed by atoms with Gasteiger partial charge in [-0.2, -0.15) is 0 Å². The highest BCUT2D eigenvalue weighted by Crippen LogP contribution is 2.31. The van der Waals surface area contributed by atoms with Gasteiger partial charge in [-0.25, -0.2) is 4.79 Å². The monoisotopic (exact) mass is 455 g/mol. The molecule has 0 aliphatic heterocycles. The Hall–Kier alpha value is -3.62. The average molecular weight is 455 g/mol. The van der Waals surface area contributed by atoms with Gasteiger partial charge in [-0.3, -0.25) is 9.59 Å². The molecule has 33 heavy (non-hydrogen) atoms. The number of nitrogens with one attached hydrogen (secondary N) is 2. The number of rotatable bonds is 8. The summed E-state index contributed by atoms with van der Waals surface area (Å²) >= 11 is 0. The second-order valence-electron chi connectivity index (χ2n) is 8.51. The Morgan fingerprint density at radius 2 is 1.61 bits per heavy atom. The molecule has 3 rings (SSSR count). The van der Waals surface area contributed by atoms with Crippen molar-refractivity contribution in [3.63, 3.8) is 0 Å². The summed E-state index contributed by atoms with van der Waals surface area (Å²) in [5.74, 6) is -2.04. The van der Waals surface area contributed by atoms with Crippen molar-refractivity contribution < 1.29 is 28.3 Å². The maximum Gasteiger partial charge on any atom is 0.339 e. The molecule has 0 aliphatic rings. The minimum Gasteiger partial charge on any atom is -0.548 e. The summed E-state index contributed by atoms with van der Waals surface area (Å²) in [5, 5.41) is 17.5. The van der Waals surface area contributed by atoms with Crippen LogP contribution < -0.4 is 21.4 Å². The van der Waals surface area contributed by atoms with E-state index in [1.54, 1.807) is 26.8 Å². The number of carbonyl (C=O) groups is 3. The van der Waals surface area contributed by atoms with Crippen molar-refractivity contribution in [2.75, 3.05) is 6.54 Å². The van der Waals surface area contributed by atoms with E-state index in [0.29, 0.717) is 16.7 Å². The van der Waals surface area contributed by atoms with Crippen molar-refractivity contribution in [3.8, 4) is 0 Å². The van der Waals surface area contributed by atoms with E-state index in [0.717, 1.165) is 27.7 Å². The fourth-order valence-corrected chi connectivity index (χ4v) is 3.74. The Morgan fingerprint density at radius 1 is 0.970 bits per heavy atom. The van der Waals surface area contributed by atoms with Crippen molar-refractivity contribution >= 4 is 39.7 Å². The van der Waals surface area contributed by atoms with E-state index in [2.05, 4.69) is 10.6 Å². The molecule has 2 heterocycles. The number of fused-ring (bicyclic) bond motifs is 2. The molecule has 176 valence electrons. The highest BCUT2D eigenvalue weighted by atomic mass is 16.4. The van der Waals surface area contributed by atoms with E-state index in [4.69, 9.17) is 8.83 Å². The number of hydrogen-bond donors (Lipinski definition) is 2. The molecule has 2 aromatic heterocycles. The van der Waals surface area contributed by atoms with Gasteiger partial charge in [0.15, 0.2) is 0 Å². The molecule has 3 aromatic rings. The molecule has 9 nitrogen and oxygen atoms in total. The topological polar surface area (TPSA) is 142 Å². The highest BCUT2D eigenvalue weighted by Gasteiger charge is 2.19. The molecule has 0 bridgehead atoms. The first-order chi connectivity index (χ1) is 15.5. The first-order valence-electron chi connectivity index (χ1n) is 10.7. The van der Waals surface area contributed by atoms with Crippen LogP contribution in [0.2, 0.25) is 0 Å². The number of aliphatic carboxylic acids is 1. The Morgan fingerprint density at radius 3 is 2.24 bits per heavy atom. The molecule has 9 heteroatoms. The third-order valence-corrected chi connectivity index (χ3v) is 5.87. The van der Waals surface area contributed by atoms with Gasteiger partial charge >= 0.3 is 5.63 Å². The summed E-state index contributed by atoms with van der Waals surface area (Å²) in [6.45, 7) is 8.53. The quantitative estimate of drug-likeness (QED) is 0.489. The summed E-state index contributed by atoms with van der Waals surface area (Å²) in [6, 6.07) is 2.48. The number of aryl methyl sites for hydroxylation is 3. The Kier molecular flexibility index (Phi) is 6.90. The molecular weight excluding hydrogens is 428 g/mol.